The molecule has 2 rings (SSSR count). The molecule has 0 radical (unpaired) electrons. The Kier molecular flexibility index (Phi) is 5.74. The molecule has 8 heteroatoms. The number of thiol groups is 1. The second-order valence-electron chi connectivity index (χ2n) is 4.70. The molecule has 5 nitrogen and oxygen atoms in total. The number of rotatable bonds is 4. The summed E-state index contributed by atoms with van der Waals surface area (Å²) in [5.74, 6) is 0.296. The highest BCUT2D eigenvalue weighted by molar-refractivity contribution is 8.10. The molecule has 0 bridgehead atoms. The third-order valence-corrected chi connectivity index (χ3v) is 4.98. The Balaban J connectivity index is 2.11. The zero-order valence-corrected chi connectivity index (χ0v) is 13.7. The number of benzene rings is 1. The second-order valence-corrected chi connectivity index (χ2v) is 6.58. The Morgan fingerprint density at radius 3 is 2.76 bits per heavy atom. The lowest BCUT2D eigenvalue weighted by molar-refractivity contribution is -0.147. The molecule has 1 aliphatic heterocycles. The molecule has 21 heavy (non-hydrogen) atoms. The molecule has 1 aromatic rings. The summed E-state index contributed by atoms with van der Waals surface area (Å²) in [5, 5.41) is 3.39. The van der Waals surface area contributed by atoms with E-state index in [0.29, 0.717) is 24.7 Å². The Hall–Kier alpha value is -0.960. The van der Waals surface area contributed by atoms with Crippen molar-refractivity contribution in [1.82, 2.24) is 15.0 Å². The van der Waals surface area contributed by atoms with Crippen LogP contribution in [0.25, 0.3) is 0 Å². The van der Waals surface area contributed by atoms with Gasteiger partial charge in [-0.1, -0.05) is 6.92 Å². The zero-order chi connectivity index (χ0) is 15.4. The molecule has 1 saturated heterocycles. The van der Waals surface area contributed by atoms with E-state index in [2.05, 4.69) is 18.1 Å². The van der Waals surface area contributed by atoms with Crippen molar-refractivity contribution in [2.75, 3.05) is 25.0 Å². The van der Waals surface area contributed by atoms with E-state index < -0.39 is 0 Å². The highest BCUT2D eigenvalue weighted by Crippen LogP contribution is 2.26. The maximum absolute atomic E-state index is 13.0. The summed E-state index contributed by atoms with van der Waals surface area (Å²) in [6.07, 6.45) is 0.378. The van der Waals surface area contributed by atoms with Gasteiger partial charge in [-0.3, -0.25) is 15.1 Å². The van der Waals surface area contributed by atoms with E-state index in [0.717, 1.165) is 0 Å². The predicted octanol–water partition coefficient (Wildman–Crippen LogP) is 2.42. The summed E-state index contributed by atoms with van der Waals surface area (Å²) in [4.78, 5) is 14.2. The van der Waals surface area contributed by atoms with E-state index in [4.69, 9.17) is 0 Å². The largest absolute Gasteiger partial charge is 0.281 e. The third kappa shape index (κ3) is 4.26. The molecule has 0 spiro atoms. The lowest BCUT2D eigenvalue weighted by Gasteiger charge is -2.42. The lowest BCUT2D eigenvalue weighted by Crippen LogP contribution is -2.56. The molecule has 1 amide bonds. The Labute approximate surface area is 133 Å². The Bertz CT molecular complexity index is 488. The summed E-state index contributed by atoms with van der Waals surface area (Å²) in [7, 11) is 1.95. The van der Waals surface area contributed by atoms with Gasteiger partial charge in [-0.15, -0.1) is 24.4 Å². The number of amides is 1. The zero-order valence-electron chi connectivity index (χ0n) is 12.0. The normalized spacial score (nSPS) is 20.3. The molecule has 1 fully saturated rings. The van der Waals surface area contributed by atoms with Crippen LogP contribution in [0.2, 0.25) is 0 Å². The summed E-state index contributed by atoms with van der Waals surface area (Å²) in [6.45, 7) is 2.39. The van der Waals surface area contributed by atoms with Gasteiger partial charge in [-0.05, 0) is 31.3 Å². The summed E-state index contributed by atoms with van der Waals surface area (Å²) in [6, 6.07) is 5.93. The van der Waals surface area contributed by atoms with Crippen LogP contribution in [0, 0.1) is 5.82 Å². The van der Waals surface area contributed by atoms with Crippen LogP contribution in [0.1, 0.15) is 13.3 Å². The van der Waals surface area contributed by atoms with Gasteiger partial charge in [-0.2, -0.15) is 10.1 Å². The number of hydrogen-bond donors (Lipinski definition) is 2. The number of thioether (sulfide) groups is 1. The van der Waals surface area contributed by atoms with Crippen LogP contribution in [0.15, 0.2) is 24.3 Å². The van der Waals surface area contributed by atoms with Gasteiger partial charge < -0.3 is 0 Å². The van der Waals surface area contributed by atoms with E-state index in [1.54, 1.807) is 23.9 Å². The average molecular weight is 330 g/mol. The maximum Gasteiger partial charge on any atom is 0.255 e. The number of hydrogen-bond acceptors (Lipinski definition) is 6. The van der Waals surface area contributed by atoms with Crippen molar-refractivity contribution in [2.24, 2.45) is 0 Å². The minimum absolute atomic E-state index is 0.0501. The SMILES string of the molecule is CCC(=O)N(Nc1ccc(F)cc1)N1CSC(S)N(C)C1. The highest BCUT2D eigenvalue weighted by atomic mass is 32.2. The van der Waals surface area contributed by atoms with Gasteiger partial charge in [0.15, 0.2) is 0 Å². The van der Waals surface area contributed by atoms with Gasteiger partial charge in [0.05, 0.1) is 18.2 Å². The summed E-state index contributed by atoms with van der Waals surface area (Å²) in [5.41, 5.74) is 3.71. The molecule has 1 heterocycles. The maximum atomic E-state index is 13.0. The fourth-order valence-corrected chi connectivity index (χ4v) is 2.95. The van der Waals surface area contributed by atoms with Gasteiger partial charge in [0.2, 0.25) is 0 Å². The van der Waals surface area contributed by atoms with Crippen LogP contribution in [-0.2, 0) is 4.79 Å². The fraction of sp³-hybridized carbons (Fsp3) is 0.462. The van der Waals surface area contributed by atoms with Crippen molar-refractivity contribution in [2.45, 2.75) is 18.1 Å². The van der Waals surface area contributed by atoms with Gasteiger partial charge in [0.1, 0.15) is 10.5 Å². The third-order valence-electron chi connectivity index (χ3n) is 3.04. The molecule has 1 aromatic carbocycles. The van der Waals surface area contributed by atoms with Crippen LogP contribution in [-0.4, -0.2) is 45.2 Å². The van der Waals surface area contributed by atoms with Crippen molar-refractivity contribution in [3.8, 4) is 0 Å². The van der Waals surface area contributed by atoms with E-state index in [1.807, 2.05) is 23.9 Å². The molecule has 1 aliphatic rings. The monoisotopic (exact) mass is 330 g/mol. The van der Waals surface area contributed by atoms with E-state index in [-0.39, 0.29) is 16.4 Å². The molecule has 116 valence electrons. The van der Waals surface area contributed by atoms with Gasteiger partial charge >= 0.3 is 0 Å². The number of carbonyl (C=O) groups is 1. The smallest absolute Gasteiger partial charge is 0.255 e. The van der Waals surface area contributed by atoms with Crippen molar-refractivity contribution >= 4 is 36.0 Å². The molecule has 0 aliphatic carbocycles. The first kappa shape index (κ1) is 16.4. The molecule has 1 unspecified atom stereocenters. The van der Waals surface area contributed by atoms with Crippen molar-refractivity contribution < 1.29 is 9.18 Å². The topological polar surface area (TPSA) is 38.8 Å². The average Bonchev–Trinajstić information content (AvgIpc) is 2.49. The number of anilines is 1. The van der Waals surface area contributed by atoms with Gasteiger partial charge in [0, 0.05) is 6.42 Å². The second kappa shape index (κ2) is 7.35. The van der Waals surface area contributed by atoms with Gasteiger partial charge in [0.25, 0.3) is 5.91 Å². The van der Waals surface area contributed by atoms with Crippen LogP contribution < -0.4 is 5.43 Å². The molecule has 1 N–H and O–H groups in total. The van der Waals surface area contributed by atoms with Crippen molar-refractivity contribution in [1.29, 1.82) is 0 Å². The number of carbonyl (C=O) groups excluding carboxylic acids is 1. The number of hydrazine groups is 2. The number of nitrogens with zero attached hydrogens (tertiary/aromatic N) is 3. The van der Waals surface area contributed by atoms with Crippen molar-refractivity contribution in [3.63, 3.8) is 0 Å². The molecule has 1 atom stereocenters. The minimum atomic E-state index is -0.305. The highest BCUT2D eigenvalue weighted by Gasteiger charge is 2.28. The first-order chi connectivity index (χ1) is 10.0. The number of halogens is 1. The first-order valence-electron chi connectivity index (χ1n) is 6.61. The first-order valence-corrected chi connectivity index (χ1v) is 8.17. The minimum Gasteiger partial charge on any atom is -0.281 e. The molecule has 0 aromatic heterocycles. The summed E-state index contributed by atoms with van der Waals surface area (Å²) >= 11 is 6.07. The standard InChI is InChI=1S/C13H19FN4OS2/c1-3-12(19)18(15-11-6-4-10(14)5-7-11)17-8-16(2)13(20)21-9-17/h4-7,13,15,20H,3,8-9H2,1-2H3. The van der Waals surface area contributed by atoms with Crippen LogP contribution >= 0.6 is 24.4 Å². The lowest BCUT2D eigenvalue weighted by atomic mass is 10.3. The molecular weight excluding hydrogens is 311 g/mol. The summed E-state index contributed by atoms with van der Waals surface area (Å²) < 4.78 is 13.1. The van der Waals surface area contributed by atoms with Crippen molar-refractivity contribution in [3.05, 3.63) is 30.1 Å². The predicted molar refractivity (Wildman–Crippen MR) is 86.9 cm³/mol. The Morgan fingerprint density at radius 2 is 2.19 bits per heavy atom. The van der Waals surface area contributed by atoms with Crippen LogP contribution in [0.4, 0.5) is 10.1 Å². The van der Waals surface area contributed by atoms with E-state index >= 15 is 0 Å². The number of nitrogens with one attached hydrogen (secondary N) is 1. The molecular formula is C13H19FN4OS2. The quantitative estimate of drug-likeness (QED) is 0.655. The van der Waals surface area contributed by atoms with E-state index in [9.17, 15) is 9.18 Å². The van der Waals surface area contributed by atoms with Crippen LogP contribution in [0.3, 0.4) is 0 Å². The van der Waals surface area contributed by atoms with Gasteiger partial charge in [-0.25, -0.2) is 4.39 Å². The van der Waals surface area contributed by atoms with E-state index in [1.165, 1.54) is 17.3 Å². The Morgan fingerprint density at radius 1 is 1.52 bits per heavy atom. The fourth-order valence-electron chi connectivity index (χ4n) is 1.86. The molecule has 0 saturated carbocycles. The van der Waals surface area contributed by atoms with Crippen LogP contribution in [0.5, 0.6) is 0 Å².